The topological polar surface area (TPSA) is 176 Å². The van der Waals surface area contributed by atoms with Gasteiger partial charge in [-0.15, -0.1) is 23.1 Å². The van der Waals surface area contributed by atoms with Crippen molar-refractivity contribution in [2.24, 2.45) is 5.16 Å². The van der Waals surface area contributed by atoms with Gasteiger partial charge in [-0.05, 0) is 11.6 Å². The van der Waals surface area contributed by atoms with Crippen LogP contribution < -0.4 is 45.7 Å². The molecule has 15 heteroatoms. The quantitative estimate of drug-likeness (QED) is 0.121. The number of carbonyl (C=O) groups is 4. The number of ether oxygens (including phenoxy) is 1. The van der Waals surface area contributed by atoms with Crippen LogP contribution in [0.4, 0.5) is 5.13 Å². The predicted molar refractivity (Wildman–Crippen MR) is 111 cm³/mol. The van der Waals surface area contributed by atoms with Gasteiger partial charge in [-0.25, -0.2) is 9.78 Å². The number of nitrogen functional groups attached to an aromatic ring is 1. The summed E-state index contributed by atoms with van der Waals surface area (Å²) in [6.07, 6.45) is 2.32. The first-order valence-electron chi connectivity index (χ1n) is 9.20. The van der Waals surface area contributed by atoms with Gasteiger partial charge in [0.25, 0.3) is 11.8 Å². The number of esters is 1. The molecule has 0 aromatic carbocycles. The van der Waals surface area contributed by atoms with E-state index in [2.05, 4.69) is 15.5 Å². The molecule has 1 unspecified atom stereocenters. The molecule has 168 valence electrons. The van der Waals surface area contributed by atoms with Crippen molar-refractivity contribution in [3.63, 3.8) is 0 Å². The zero-order chi connectivity index (χ0) is 23.0. The largest absolute Gasteiger partial charge is 1.00 e. The molecule has 1 aromatic heterocycles. The van der Waals surface area contributed by atoms with Gasteiger partial charge in [0, 0.05) is 23.6 Å². The third-order valence-corrected chi connectivity index (χ3v) is 6.86. The van der Waals surface area contributed by atoms with Crippen molar-refractivity contribution in [1.29, 1.82) is 0 Å². The Labute approximate surface area is 217 Å². The van der Waals surface area contributed by atoms with Gasteiger partial charge in [0.05, 0.1) is 11.7 Å². The van der Waals surface area contributed by atoms with Crippen molar-refractivity contribution in [3.8, 4) is 0 Å². The summed E-state index contributed by atoms with van der Waals surface area (Å²) < 4.78 is 5.06. The first-order chi connectivity index (χ1) is 15.3. The molecule has 4 rings (SSSR count). The maximum atomic E-state index is 12.8. The van der Waals surface area contributed by atoms with Gasteiger partial charge in [-0.2, -0.15) is 0 Å². The number of anilines is 1. The van der Waals surface area contributed by atoms with E-state index in [9.17, 15) is 24.3 Å². The van der Waals surface area contributed by atoms with Crippen LogP contribution in [0.15, 0.2) is 34.0 Å². The van der Waals surface area contributed by atoms with E-state index in [0.717, 1.165) is 16.2 Å². The third kappa shape index (κ3) is 4.94. The number of hydrogen-bond donors (Lipinski definition) is 2. The number of nitrogens with one attached hydrogen (secondary N) is 1. The zero-order valence-electron chi connectivity index (χ0n) is 17.5. The Morgan fingerprint density at radius 2 is 2.21 bits per heavy atom. The second-order valence-corrected chi connectivity index (χ2v) is 8.83. The Bertz CT molecular complexity index is 1100. The van der Waals surface area contributed by atoms with Crippen LogP contribution in [0.1, 0.15) is 12.1 Å². The second kappa shape index (κ2) is 10.3. The van der Waals surface area contributed by atoms with E-state index in [0.29, 0.717) is 5.57 Å². The van der Waals surface area contributed by atoms with Crippen LogP contribution >= 0.6 is 23.1 Å². The predicted octanol–water partition coefficient (Wildman–Crippen LogP) is -4.64. The molecular formula is C18H16N5NaO7S2. The Balaban J connectivity index is 0.00000306. The number of fused-ring (bicyclic) bond motifs is 1. The van der Waals surface area contributed by atoms with E-state index < -0.39 is 41.3 Å². The molecule has 0 bridgehead atoms. The van der Waals surface area contributed by atoms with E-state index in [1.54, 1.807) is 0 Å². The average molecular weight is 501 g/mol. The van der Waals surface area contributed by atoms with Crippen molar-refractivity contribution in [3.05, 3.63) is 34.5 Å². The van der Waals surface area contributed by atoms with Gasteiger partial charge in [-0.3, -0.25) is 14.5 Å². The van der Waals surface area contributed by atoms with Crippen LogP contribution in [-0.4, -0.2) is 69.7 Å². The van der Waals surface area contributed by atoms with E-state index in [4.69, 9.17) is 15.3 Å². The first-order valence-corrected chi connectivity index (χ1v) is 11.1. The number of carboxylic acid groups (broad SMARTS) is 1. The number of thioether (sulfide) groups is 1. The number of β-lactam (4-membered cyclic amide) rings is 1. The molecule has 3 aliphatic heterocycles. The number of nitrogens with two attached hydrogens (primary N) is 1. The number of hydrogen-bond acceptors (Lipinski definition) is 12. The van der Waals surface area contributed by atoms with Gasteiger partial charge >= 0.3 is 35.5 Å². The minimum atomic E-state index is -1.52. The summed E-state index contributed by atoms with van der Waals surface area (Å²) in [5, 5.41) is 19.1. The molecule has 4 heterocycles. The van der Waals surface area contributed by atoms with Gasteiger partial charge in [-0.1, -0.05) is 5.16 Å². The van der Waals surface area contributed by atoms with Crippen LogP contribution in [0.25, 0.3) is 0 Å². The molecule has 0 spiro atoms. The Morgan fingerprint density at radius 1 is 1.45 bits per heavy atom. The number of thiazole rings is 1. The standard InChI is InChI=1S/C18H17N5O7S2.Na/c1-29-22-11(9-6-32-18(19)20-9)14(25)21-12-15(26)23-13(17(27)28)7(5-31-16(12)23)4-8-2-3-10(24)30-8;/h2-3,6,8,12,16H,4-5H2,1H3,(H2,19,20)(H,21,25)(H,27,28);/q;+1/p-1/b22-11-;/t8?,12-,16+;/m1./s1. The van der Waals surface area contributed by atoms with Crippen LogP contribution in [0.5, 0.6) is 0 Å². The fraction of sp³-hybridized carbons (Fsp3) is 0.333. The summed E-state index contributed by atoms with van der Waals surface area (Å²) in [5.74, 6) is -3.10. The zero-order valence-corrected chi connectivity index (χ0v) is 21.1. The normalized spacial score (nSPS) is 24.0. The molecule has 0 radical (unpaired) electrons. The number of carbonyl (C=O) groups excluding carboxylic acids is 4. The van der Waals surface area contributed by atoms with Crippen molar-refractivity contribution < 1.29 is 63.4 Å². The number of oxime groups is 1. The second-order valence-electron chi connectivity index (χ2n) is 6.83. The number of cyclic esters (lactones) is 1. The van der Waals surface area contributed by atoms with Crippen LogP contribution in [0.3, 0.4) is 0 Å². The van der Waals surface area contributed by atoms with E-state index in [1.807, 2.05) is 0 Å². The van der Waals surface area contributed by atoms with Gasteiger partial charge in [0.15, 0.2) is 10.8 Å². The van der Waals surface area contributed by atoms with E-state index >= 15 is 0 Å². The molecular weight excluding hydrogens is 485 g/mol. The summed E-state index contributed by atoms with van der Waals surface area (Å²) in [7, 11) is 1.26. The van der Waals surface area contributed by atoms with Gasteiger partial charge in [0.1, 0.15) is 30.3 Å². The van der Waals surface area contributed by atoms with Crippen LogP contribution in [0.2, 0.25) is 0 Å². The van der Waals surface area contributed by atoms with Crippen LogP contribution in [0, 0.1) is 0 Å². The number of amides is 2. The molecule has 0 saturated carbocycles. The molecule has 3 aliphatic rings. The van der Waals surface area contributed by atoms with E-state index in [-0.39, 0.29) is 64.0 Å². The number of aromatic nitrogens is 1. The summed E-state index contributed by atoms with van der Waals surface area (Å²) in [6, 6.07) is -0.981. The molecule has 12 nitrogen and oxygen atoms in total. The minimum Gasteiger partial charge on any atom is -0.543 e. The molecule has 0 aliphatic carbocycles. The molecule has 1 aromatic rings. The Kier molecular flexibility index (Phi) is 7.84. The molecule has 3 atom stereocenters. The van der Waals surface area contributed by atoms with E-state index in [1.165, 1.54) is 36.4 Å². The van der Waals surface area contributed by atoms with Crippen molar-refractivity contribution in [2.45, 2.75) is 23.9 Å². The molecule has 2 amide bonds. The summed E-state index contributed by atoms with van der Waals surface area (Å²) >= 11 is 2.38. The number of rotatable bonds is 7. The number of aliphatic carboxylic acids is 1. The molecule has 3 N–H and O–H groups in total. The smallest absolute Gasteiger partial charge is 0.543 e. The van der Waals surface area contributed by atoms with Crippen molar-refractivity contribution >= 4 is 57.7 Å². The maximum absolute atomic E-state index is 12.8. The van der Waals surface area contributed by atoms with Crippen LogP contribution in [-0.2, 0) is 28.8 Å². The average Bonchev–Trinajstić information content (AvgIpc) is 3.37. The summed E-state index contributed by atoms with van der Waals surface area (Å²) in [5.41, 5.74) is 5.76. The molecule has 1 saturated heterocycles. The Hall–Kier alpha value is -2.39. The fourth-order valence-corrected chi connectivity index (χ4v) is 5.41. The molecule has 33 heavy (non-hydrogen) atoms. The minimum absolute atomic E-state index is 0. The maximum Gasteiger partial charge on any atom is 1.00 e. The number of nitrogens with zero attached hydrogens (tertiary/aromatic N) is 3. The van der Waals surface area contributed by atoms with Crippen molar-refractivity contribution in [2.75, 3.05) is 18.6 Å². The first kappa shape index (κ1) is 25.2. The monoisotopic (exact) mass is 501 g/mol. The third-order valence-electron chi connectivity index (χ3n) is 4.85. The summed E-state index contributed by atoms with van der Waals surface area (Å²) in [6.45, 7) is 0. The number of carboxylic acids is 1. The van der Waals surface area contributed by atoms with Gasteiger partial charge < -0.3 is 30.5 Å². The molecule has 1 fully saturated rings. The summed E-state index contributed by atoms with van der Waals surface area (Å²) in [4.78, 5) is 58.3. The SMILES string of the molecule is CO/N=C(\C(=O)N[C@@H]1C(=O)N2C(C(=O)[O-])=C(CC3C=CC(=O)O3)CS[C@@H]12)c1csc(N)n1.[Na+]. The Morgan fingerprint density at radius 3 is 2.79 bits per heavy atom. The van der Waals surface area contributed by atoms with Gasteiger partial charge in [0.2, 0.25) is 0 Å². The fourth-order valence-electron chi connectivity index (χ4n) is 3.50. The van der Waals surface area contributed by atoms with Crippen molar-refractivity contribution in [1.82, 2.24) is 15.2 Å².